The minimum Gasteiger partial charge on any atom is -0.355 e. The van der Waals surface area contributed by atoms with Crippen LogP contribution in [0.4, 0.5) is 4.39 Å². The van der Waals surface area contributed by atoms with Crippen LogP contribution in [-0.2, 0) is 4.79 Å². The highest BCUT2D eigenvalue weighted by atomic mass is 19.1. The minimum absolute atomic E-state index is 0.121. The molecule has 0 radical (unpaired) electrons. The Labute approximate surface area is 157 Å². The molecule has 1 aromatic carbocycles. The summed E-state index contributed by atoms with van der Waals surface area (Å²) < 4.78 is 18.4. The van der Waals surface area contributed by atoms with Crippen molar-refractivity contribution in [1.82, 2.24) is 15.4 Å². The summed E-state index contributed by atoms with van der Waals surface area (Å²) in [5.41, 5.74) is 0.638. The molecule has 27 heavy (non-hydrogen) atoms. The van der Waals surface area contributed by atoms with Gasteiger partial charge in [-0.1, -0.05) is 25.9 Å². The lowest BCUT2D eigenvalue weighted by Crippen LogP contribution is -2.61. The van der Waals surface area contributed by atoms with E-state index in [2.05, 4.69) is 10.5 Å². The van der Waals surface area contributed by atoms with E-state index in [9.17, 15) is 14.0 Å². The highest BCUT2D eigenvalue weighted by Crippen LogP contribution is 2.27. The Morgan fingerprint density at radius 2 is 2.00 bits per heavy atom. The number of hydrogen-bond donors (Lipinski definition) is 1. The van der Waals surface area contributed by atoms with Crippen LogP contribution in [0.5, 0.6) is 0 Å². The average Bonchev–Trinajstić information content (AvgIpc) is 3.06. The number of nitrogens with zero attached hydrogens (tertiary/aromatic N) is 2. The van der Waals surface area contributed by atoms with E-state index in [1.165, 1.54) is 18.2 Å². The number of rotatable bonds is 3. The zero-order valence-electron chi connectivity index (χ0n) is 16.0. The smallest absolute Gasteiger partial charge is 0.276 e. The first-order valence-electron chi connectivity index (χ1n) is 8.98. The van der Waals surface area contributed by atoms with Crippen molar-refractivity contribution in [2.24, 2.45) is 5.41 Å². The summed E-state index contributed by atoms with van der Waals surface area (Å²) in [4.78, 5) is 27.1. The third-order valence-electron chi connectivity index (χ3n) is 4.46. The second-order valence-electron chi connectivity index (χ2n) is 8.23. The van der Waals surface area contributed by atoms with Crippen LogP contribution in [0.15, 0.2) is 34.9 Å². The monoisotopic (exact) mass is 373 g/mol. The average molecular weight is 373 g/mol. The maximum absolute atomic E-state index is 13.1. The van der Waals surface area contributed by atoms with Crippen LogP contribution in [0.1, 0.15) is 44.6 Å². The standard InChI is InChI=1S/C20H24FN3O3/c1-12-11-24(16(18(25)22-12)10-20(2,3)4)19(26)15-9-17(27-23-15)13-5-7-14(21)8-6-13/h5-9,12,16H,10-11H2,1-4H3,(H,22,25). The van der Waals surface area contributed by atoms with Crippen molar-refractivity contribution in [2.75, 3.05) is 6.54 Å². The lowest BCUT2D eigenvalue weighted by atomic mass is 9.86. The van der Waals surface area contributed by atoms with Crippen LogP contribution in [0, 0.1) is 11.2 Å². The van der Waals surface area contributed by atoms with Crippen molar-refractivity contribution in [3.63, 3.8) is 0 Å². The van der Waals surface area contributed by atoms with Gasteiger partial charge in [-0.05, 0) is 43.0 Å². The molecule has 0 spiro atoms. The Kier molecular flexibility index (Phi) is 5.04. The summed E-state index contributed by atoms with van der Waals surface area (Å²) in [6.45, 7) is 8.36. The van der Waals surface area contributed by atoms with Gasteiger partial charge in [-0.15, -0.1) is 0 Å². The van der Waals surface area contributed by atoms with Crippen LogP contribution >= 0.6 is 0 Å². The second-order valence-corrected chi connectivity index (χ2v) is 8.23. The molecule has 0 bridgehead atoms. The van der Waals surface area contributed by atoms with Gasteiger partial charge in [-0.3, -0.25) is 9.59 Å². The first-order valence-corrected chi connectivity index (χ1v) is 8.98. The molecule has 1 aromatic heterocycles. The number of nitrogens with one attached hydrogen (secondary N) is 1. The van der Waals surface area contributed by atoms with Gasteiger partial charge < -0.3 is 14.7 Å². The largest absolute Gasteiger partial charge is 0.355 e. The summed E-state index contributed by atoms with van der Waals surface area (Å²) in [6.07, 6.45) is 0.542. The first-order chi connectivity index (χ1) is 12.6. The van der Waals surface area contributed by atoms with Crippen LogP contribution in [0.2, 0.25) is 0 Å². The molecule has 1 fully saturated rings. The van der Waals surface area contributed by atoms with Gasteiger partial charge in [0, 0.05) is 24.2 Å². The molecule has 6 nitrogen and oxygen atoms in total. The van der Waals surface area contributed by atoms with E-state index in [-0.39, 0.29) is 34.8 Å². The molecule has 2 aromatic rings. The van der Waals surface area contributed by atoms with Gasteiger partial charge in [0.1, 0.15) is 11.9 Å². The molecule has 1 aliphatic rings. The molecule has 2 heterocycles. The topological polar surface area (TPSA) is 75.4 Å². The van der Waals surface area contributed by atoms with Crippen molar-refractivity contribution < 1.29 is 18.5 Å². The molecule has 2 amide bonds. The molecular formula is C20H24FN3O3. The molecular weight excluding hydrogens is 349 g/mol. The number of carbonyl (C=O) groups excluding carboxylic acids is 2. The van der Waals surface area contributed by atoms with E-state index < -0.39 is 6.04 Å². The third-order valence-corrected chi connectivity index (χ3v) is 4.46. The molecule has 2 unspecified atom stereocenters. The molecule has 2 atom stereocenters. The quantitative estimate of drug-likeness (QED) is 0.896. The van der Waals surface area contributed by atoms with Gasteiger partial charge in [-0.2, -0.15) is 0 Å². The molecule has 1 saturated heterocycles. The van der Waals surface area contributed by atoms with Gasteiger partial charge in [0.05, 0.1) is 0 Å². The maximum Gasteiger partial charge on any atom is 0.276 e. The van der Waals surface area contributed by atoms with Crippen LogP contribution in [0.25, 0.3) is 11.3 Å². The highest BCUT2D eigenvalue weighted by Gasteiger charge is 2.39. The first kappa shape index (κ1) is 19.1. The number of hydrogen-bond acceptors (Lipinski definition) is 4. The zero-order chi connectivity index (χ0) is 19.8. The second kappa shape index (κ2) is 7.13. The van der Waals surface area contributed by atoms with Crippen molar-refractivity contribution in [3.05, 3.63) is 41.8 Å². The Morgan fingerprint density at radius 1 is 1.33 bits per heavy atom. The SMILES string of the molecule is CC1CN(C(=O)c2cc(-c3ccc(F)cc3)on2)C(CC(C)(C)C)C(=O)N1. The molecule has 1 aliphatic heterocycles. The minimum atomic E-state index is -0.556. The van der Waals surface area contributed by atoms with E-state index in [4.69, 9.17) is 4.52 Å². The van der Waals surface area contributed by atoms with Crippen LogP contribution in [0.3, 0.4) is 0 Å². The number of carbonyl (C=O) groups is 2. The van der Waals surface area contributed by atoms with Crippen molar-refractivity contribution in [1.29, 1.82) is 0 Å². The fraction of sp³-hybridized carbons (Fsp3) is 0.450. The molecule has 3 rings (SSSR count). The molecule has 0 saturated carbocycles. The molecule has 7 heteroatoms. The van der Waals surface area contributed by atoms with Gasteiger partial charge >= 0.3 is 0 Å². The number of benzene rings is 1. The van der Waals surface area contributed by atoms with E-state index in [0.29, 0.717) is 24.3 Å². The van der Waals surface area contributed by atoms with E-state index in [0.717, 1.165) is 0 Å². The van der Waals surface area contributed by atoms with Gasteiger partial charge in [0.15, 0.2) is 11.5 Å². The van der Waals surface area contributed by atoms with E-state index in [1.54, 1.807) is 17.0 Å². The Hall–Kier alpha value is -2.70. The summed E-state index contributed by atoms with van der Waals surface area (Å²) >= 11 is 0. The third kappa shape index (κ3) is 4.35. The van der Waals surface area contributed by atoms with Crippen molar-refractivity contribution in [3.8, 4) is 11.3 Å². The summed E-state index contributed by atoms with van der Waals surface area (Å²) in [5, 5.41) is 6.79. The zero-order valence-corrected chi connectivity index (χ0v) is 16.0. The predicted octanol–water partition coefficient (Wildman–Crippen LogP) is 3.25. The molecule has 1 N–H and O–H groups in total. The van der Waals surface area contributed by atoms with Crippen LogP contribution < -0.4 is 5.32 Å². The molecule has 144 valence electrons. The van der Waals surface area contributed by atoms with E-state index in [1.807, 2.05) is 27.7 Å². The summed E-state index contributed by atoms with van der Waals surface area (Å²) in [7, 11) is 0. The Balaban J connectivity index is 1.86. The van der Waals surface area contributed by atoms with Crippen LogP contribution in [-0.4, -0.2) is 40.5 Å². The Morgan fingerprint density at radius 3 is 2.63 bits per heavy atom. The fourth-order valence-corrected chi connectivity index (χ4v) is 3.23. The number of aromatic nitrogens is 1. The van der Waals surface area contributed by atoms with E-state index >= 15 is 0 Å². The maximum atomic E-state index is 13.1. The van der Waals surface area contributed by atoms with Gasteiger partial charge in [0.25, 0.3) is 5.91 Å². The lowest BCUT2D eigenvalue weighted by molar-refractivity contribution is -0.130. The lowest BCUT2D eigenvalue weighted by Gasteiger charge is -2.40. The summed E-state index contributed by atoms with van der Waals surface area (Å²) in [5.74, 6) is -0.476. The predicted molar refractivity (Wildman–Crippen MR) is 98.4 cm³/mol. The van der Waals surface area contributed by atoms with Gasteiger partial charge in [-0.25, -0.2) is 4.39 Å². The Bertz CT molecular complexity index is 839. The van der Waals surface area contributed by atoms with Gasteiger partial charge in [0.2, 0.25) is 5.91 Å². The number of amides is 2. The number of halogens is 1. The normalized spacial score (nSPS) is 20.5. The molecule has 0 aliphatic carbocycles. The summed E-state index contributed by atoms with van der Waals surface area (Å²) in [6, 6.07) is 6.58. The number of piperazine rings is 1. The van der Waals surface area contributed by atoms with Crippen molar-refractivity contribution in [2.45, 2.75) is 46.2 Å². The van der Waals surface area contributed by atoms with Crippen molar-refractivity contribution >= 4 is 11.8 Å². The fourth-order valence-electron chi connectivity index (χ4n) is 3.23. The highest BCUT2D eigenvalue weighted by molar-refractivity contribution is 5.97.